The van der Waals surface area contributed by atoms with Gasteiger partial charge in [-0.1, -0.05) is 0 Å². The first kappa shape index (κ1) is 16.4. The van der Waals surface area contributed by atoms with Gasteiger partial charge in [0.2, 0.25) is 0 Å². The maximum absolute atomic E-state index is 14.1. The smallest absolute Gasteiger partial charge is 0.414 e. The predicted octanol–water partition coefficient (Wildman–Crippen LogP) is 4.13. The largest absolute Gasteiger partial charge is 0.443 e. The van der Waals surface area contributed by atoms with Crippen LogP contribution < -0.4 is 4.90 Å². The van der Waals surface area contributed by atoms with E-state index in [9.17, 15) is 18.4 Å². The molecule has 0 saturated heterocycles. The summed E-state index contributed by atoms with van der Waals surface area (Å²) in [4.78, 5) is 24.8. The van der Waals surface area contributed by atoms with Gasteiger partial charge in [-0.3, -0.25) is 9.69 Å². The van der Waals surface area contributed by atoms with Gasteiger partial charge in [-0.05, 0) is 45.9 Å². The Hall–Kier alpha value is -1.98. The van der Waals surface area contributed by atoms with E-state index >= 15 is 0 Å². The average molecular weight is 311 g/mol. The van der Waals surface area contributed by atoms with E-state index < -0.39 is 24.0 Å². The van der Waals surface area contributed by atoms with Crippen molar-refractivity contribution in [3.05, 3.63) is 29.3 Å². The van der Waals surface area contributed by atoms with Crippen LogP contribution in [0.15, 0.2) is 18.2 Å². The van der Waals surface area contributed by atoms with Gasteiger partial charge >= 0.3 is 6.09 Å². The van der Waals surface area contributed by atoms with Crippen LogP contribution in [0.2, 0.25) is 0 Å². The average Bonchev–Trinajstić information content (AvgIpc) is 2.36. The number of nitrogens with zero attached hydrogens (tertiary/aromatic N) is 1. The van der Waals surface area contributed by atoms with Crippen molar-refractivity contribution in [1.29, 1.82) is 0 Å². The standard InChI is InChI=1S/C16H19F2NO3/c1-10(20)11-5-6-13-12(9-11)16(17,18)7-8-19(13)14(21)22-15(2,3)4/h5-6,9H,7-8H2,1-4H3. The lowest BCUT2D eigenvalue weighted by atomic mass is 9.95. The Kier molecular flexibility index (Phi) is 3.98. The summed E-state index contributed by atoms with van der Waals surface area (Å²) in [5.74, 6) is -3.37. The number of hydrogen-bond acceptors (Lipinski definition) is 3. The SMILES string of the molecule is CC(=O)c1ccc2c(c1)C(F)(F)CCN2C(=O)OC(C)(C)C. The van der Waals surface area contributed by atoms with Crippen LogP contribution in [-0.4, -0.2) is 24.0 Å². The number of halogens is 2. The molecule has 0 unspecified atom stereocenters. The lowest BCUT2D eigenvalue weighted by molar-refractivity contribution is -0.0161. The molecule has 0 aromatic heterocycles. The maximum atomic E-state index is 14.1. The molecule has 1 aliphatic heterocycles. The summed E-state index contributed by atoms with van der Waals surface area (Å²) in [7, 11) is 0. The molecule has 1 amide bonds. The summed E-state index contributed by atoms with van der Waals surface area (Å²) >= 11 is 0. The summed E-state index contributed by atoms with van der Waals surface area (Å²) in [6.45, 7) is 6.32. The Morgan fingerprint density at radius 2 is 1.91 bits per heavy atom. The number of benzene rings is 1. The molecule has 4 nitrogen and oxygen atoms in total. The molecule has 0 bridgehead atoms. The Labute approximate surface area is 128 Å². The van der Waals surface area contributed by atoms with Gasteiger partial charge in [-0.25, -0.2) is 13.6 Å². The molecule has 0 aliphatic carbocycles. The van der Waals surface area contributed by atoms with Gasteiger partial charge in [0.15, 0.2) is 5.78 Å². The molecule has 1 aromatic rings. The summed E-state index contributed by atoms with van der Waals surface area (Å²) in [6, 6.07) is 3.98. The van der Waals surface area contributed by atoms with Crippen LogP contribution in [0.4, 0.5) is 19.3 Å². The monoisotopic (exact) mass is 311 g/mol. The fourth-order valence-electron chi connectivity index (χ4n) is 2.30. The minimum atomic E-state index is -3.07. The zero-order valence-corrected chi connectivity index (χ0v) is 13.1. The Bertz CT molecular complexity index is 620. The maximum Gasteiger partial charge on any atom is 0.414 e. The van der Waals surface area contributed by atoms with Crippen molar-refractivity contribution in [2.75, 3.05) is 11.4 Å². The molecule has 120 valence electrons. The van der Waals surface area contributed by atoms with Crippen LogP contribution in [0.25, 0.3) is 0 Å². The molecule has 1 aromatic carbocycles. The summed E-state index contributed by atoms with van der Waals surface area (Å²) in [5.41, 5.74) is -0.728. The topological polar surface area (TPSA) is 46.6 Å². The highest BCUT2D eigenvalue weighted by Gasteiger charge is 2.42. The number of rotatable bonds is 1. The predicted molar refractivity (Wildman–Crippen MR) is 78.5 cm³/mol. The van der Waals surface area contributed by atoms with Crippen molar-refractivity contribution in [3.8, 4) is 0 Å². The van der Waals surface area contributed by atoms with E-state index in [2.05, 4.69) is 0 Å². The van der Waals surface area contributed by atoms with Gasteiger partial charge in [0.1, 0.15) is 5.60 Å². The number of fused-ring (bicyclic) bond motifs is 1. The summed E-state index contributed by atoms with van der Waals surface area (Å²) in [5, 5.41) is 0. The number of carbonyl (C=O) groups excluding carboxylic acids is 2. The normalized spacial score (nSPS) is 16.9. The molecular formula is C16H19F2NO3. The van der Waals surface area contributed by atoms with Gasteiger partial charge in [0, 0.05) is 24.1 Å². The third kappa shape index (κ3) is 3.26. The molecule has 6 heteroatoms. The number of carbonyl (C=O) groups is 2. The zero-order chi connectivity index (χ0) is 16.7. The second-order valence-corrected chi connectivity index (χ2v) is 6.37. The highest BCUT2D eigenvalue weighted by Crippen LogP contribution is 2.43. The lowest BCUT2D eigenvalue weighted by Gasteiger charge is -2.35. The molecule has 0 fully saturated rings. The van der Waals surface area contributed by atoms with Crippen molar-refractivity contribution in [2.24, 2.45) is 0 Å². The van der Waals surface area contributed by atoms with Gasteiger partial charge in [0.25, 0.3) is 5.92 Å². The fraction of sp³-hybridized carbons (Fsp3) is 0.500. The highest BCUT2D eigenvalue weighted by molar-refractivity contribution is 5.96. The summed E-state index contributed by atoms with van der Waals surface area (Å²) < 4.78 is 33.5. The van der Waals surface area contributed by atoms with E-state index in [1.807, 2.05) is 0 Å². The zero-order valence-electron chi connectivity index (χ0n) is 13.1. The van der Waals surface area contributed by atoms with E-state index in [0.717, 1.165) is 6.07 Å². The number of ketones is 1. The van der Waals surface area contributed by atoms with Crippen LogP contribution in [0, 0.1) is 0 Å². The molecule has 2 rings (SSSR count). The van der Waals surface area contributed by atoms with Crippen LogP contribution >= 0.6 is 0 Å². The van der Waals surface area contributed by atoms with E-state index in [0.29, 0.717) is 0 Å². The minimum absolute atomic E-state index is 0.0931. The van der Waals surface area contributed by atoms with Gasteiger partial charge in [-0.15, -0.1) is 0 Å². The highest BCUT2D eigenvalue weighted by atomic mass is 19.3. The fourth-order valence-corrected chi connectivity index (χ4v) is 2.30. The Morgan fingerprint density at radius 3 is 2.45 bits per heavy atom. The second-order valence-electron chi connectivity index (χ2n) is 6.37. The first-order valence-electron chi connectivity index (χ1n) is 7.05. The molecule has 0 spiro atoms. The number of hydrogen-bond donors (Lipinski definition) is 0. The van der Waals surface area contributed by atoms with Gasteiger partial charge < -0.3 is 4.74 Å². The Morgan fingerprint density at radius 1 is 1.27 bits per heavy atom. The molecule has 0 radical (unpaired) electrons. The van der Waals surface area contributed by atoms with Crippen molar-refractivity contribution in [3.63, 3.8) is 0 Å². The van der Waals surface area contributed by atoms with Crippen molar-refractivity contribution >= 4 is 17.6 Å². The van der Waals surface area contributed by atoms with E-state index in [-0.39, 0.29) is 29.1 Å². The van der Waals surface area contributed by atoms with Crippen LogP contribution in [0.3, 0.4) is 0 Å². The molecule has 0 N–H and O–H groups in total. The van der Waals surface area contributed by atoms with E-state index in [1.54, 1.807) is 20.8 Å². The lowest BCUT2D eigenvalue weighted by Crippen LogP contribution is -2.43. The van der Waals surface area contributed by atoms with E-state index in [4.69, 9.17) is 4.74 Å². The number of alkyl halides is 2. The van der Waals surface area contributed by atoms with Gasteiger partial charge in [-0.2, -0.15) is 0 Å². The van der Waals surface area contributed by atoms with Crippen molar-refractivity contribution in [1.82, 2.24) is 0 Å². The molecular weight excluding hydrogens is 292 g/mol. The Balaban J connectivity index is 2.44. The first-order valence-corrected chi connectivity index (χ1v) is 7.05. The molecule has 1 heterocycles. The minimum Gasteiger partial charge on any atom is -0.443 e. The van der Waals surface area contributed by atoms with Crippen molar-refractivity contribution < 1.29 is 23.1 Å². The van der Waals surface area contributed by atoms with Crippen LogP contribution in [0.1, 0.15) is 50.0 Å². The number of ether oxygens (including phenoxy) is 1. The number of amides is 1. The van der Waals surface area contributed by atoms with Gasteiger partial charge in [0.05, 0.1) is 5.69 Å². The molecule has 1 aliphatic rings. The third-order valence-corrected chi connectivity index (χ3v) is 3.35. The van der Waals surface area contributed by atoms with Crippen LogP contribution in [0.5, 0.6) is 0 Å². The van der Waals surface area contributed by atoms with Crippen LogP contribution in [-0.2, 0) is 10.7 Å². The molecule has 0 atom stereocenters. The third-order valence-electron chi connectivity index (χ3n) is 3.35. The summed E-state index contributed by atoms with van der Waals surface area (Å²) in [6.07, 6.45) is -1.17. The number of Topliss-reactive ketones (excluding diaryl/α,β-unsaturated/α-hetero) is 1. The number of anilines is 1. The quantitative estimate of drug-likeness (QED) is 0.733. The van der Waals surface area contributed by atoms with Crippen molar-refractivity contribution in [2.45, 2.75) is 45.6 Å². The molecule has 0 saturated carbocycles. The van der Waals surface area contributed by atoms with E-state index in [1.165, 1.54) is 24.0 Å². The second kappa shape index (κ2) is 5.34. The first-order chi connectivity index (χ1) is 10.0. The molecule has 22 heavy (non-hydrogen) atoms.